The number of hydrogen-bond acceptors (Lipinski definition) is 2. The van der Waals surface area contributed by atoms with Gasteiger partial charge in [-0.15, -0.1) is 0 Å². The van der Waals surface area contributed by atoms with E-state index in [1.807, 2.05) is 71.6 Å². The van der Waals surface area contributed by atoms with E-state index in [2.05, 4.69) is 12.1 Å². The van der Waals surface area contributed by atoms with Gasteiger partial charge in [0.05, 0.1) is 6.04 Å². The van der Waals surface area contributed by atoms with Gasteiger partial charge in [0.2, 0.25) is 5.91 Å². The third kappa shape index (κ3) is 4.76. The maximum absolute atomic E-state index is 12.8. The number of nitrogens with zero attached hydrogens (tertiary/aromatic N) is 1. The van der Waals surface area contributed by atoms with Crippen molar-refractivity contribution in [3.63, 3.8) is 0 Å². The predicted octanol–water partition coefficient (Wildman–Crippen LogP) is 5.58. The van der Waals surface area contributed by atoms with Crippen LogP contribution in [0.3, 0.4) is 0 Å². The Morgan fingerprint density at radius 2 is 1.53 bits per heavy atom. The van der Waals surface area contributed by atoms with Gasteiger partial charge in [-0.2, -0.15) is 0 Å². The minimum Gasteiger partial charge on any atom is -0.333 e. The van der Waals surface area contributed by atoms with E-state index >= 15 is 0 Å². The van der Waals surface area contributed by atoms with Gasteiger partial charge in [-0.05, 0) is 52.4 Å². The molecular formula is C25H22Cl2N2O. The van der Waals surface area contributed by atoms with Crippen LogP contribution in [0.1, 0.15) is 27.8 Å². The highest BCUT2D eigenvalue weighted by Gasteiger charge is 2.27. The maximum atomic E-state index is 12.8. The molecule has 0 spiro atoms. The van der Waals surface area contributed by atoms with Gasteiger partial charge < -0.3 is 10.6 Å². The van der Waals surface area contributed by atoms with Crippen LogP contribution in [0.25, 0.3) is 12.2 Å². The summed E-state index contributed by atoms with van der Waals surface area (Å²) in [4.78, 5) is 14.6. The molecule has 1 atom stereocenters. The lowest BCUT2D eigenvalue weighted by atomic mass is 10.0. The van der Waals surface area contributed by atoms with Crippen LogP contribution < -0.4 is 5.73 Å². The molecule has 0 aliphatic carbocycles. The summed E-state index contributed by atoms with van der Waals surface area (Å²) in [7, 11) is 0. The zero-order chi connectivity index (χ0) is 21.1. The molecule has 3 aromatic carbocycles. The fourth-order valence-electron chi connectivity index (χ4n) is 3.65. The number of carbonyl (C=O) groups is 1. The fourth-order valence-corrected chi connectivity index (χ4v) is 4.04. The van der Waals surface area contributed by atoms with E-state index in [0.29, 0.717) is 29.6 Å². The zero-order valence-corrected chi connectivity index (χ0v) is 17.9. The van der Waals surface area contributed by atoms with Crippen LogP contribution in [0.5, 0.6) is 0 Å². The van der Waals surface area contributed by atoms with Gasteiger partial charge >= 0.3 is 0 Å². The Bertz CT molecular complexity index is 1070. The second kappa shape index (κ2) is 9.05. The predicted molar refractivity (Wildman–Crippen MR) is 124 cm³/mol. The molecule has 0 saturated heterocycles. The van der Waals surface area contributed by atoms with Crippen LogP contribution in [-0.4, -0.2) is 16.8 Å². The van der Waals surface area contributed by atoms with Gasteiger partial charge in [-0.25, -0.2) is 0 Å². The molecule has 1 aliphatic heterocycles. The first-order valence-corrected chi connectivity index (χ1v) is 10.6. The Labute approximate surface area is 186 Å². The lowest BCUT2D eigenvalue weighted by Crippen LogP contribution is -2.42. The van der Waals surface area contributed by atoms with Crippen molar-refractivity contribution in [1.29, 1.82) is 0 Å². The maximum Gasteiger partial charge on any atom is 0.240 e. The summed E-state index contributed by atoms with van der Waals surface area (Å²) in [5, 5.41) is 1.32. The van der Waals surface area contributed by atoms with E-state index in [9.17, 15) is 4.79 Å². The molecule has 152 valence electrons. The van der Waals surface area contributed by atoms with Crippen LogP contribution in [0.2, 0.25) is 10.0 Å². The minimum absolute atomic E-state index is 0.0472. The summed E-state index contributed by atoms with van der Waals surface area (Å²) < 4.78 is 0. The Balaban J connectivity index is 1.40. The number of benzene rings is 3. The zero-order valence-electron chi connectivity index (χ0n) is 16.4. The van der Waals surface area contributed by atoms with Crippen LogP contribution in [0, 0.1) is 0 Å². The molecule has 1 heterocycles. The van der Waals surface area contributed by atoms with Crippen molar-refractivity contribution in [2.75, 3.05) is 0 Å². The number of nitrogens with two attached hydrogens (primary N) is 1. The van der Waals surface area contributed by atoms with Crippen molar-refractivity contribution in [3.05, 3.63) is 105 Å². The Morgan fingerprint density at radius 1 is 0.933 bits per heavy atom. The van der Waals surface area contributed by atoms with Crippen molar-refractivity contribution in [2.24, 2.45) is 5.73 Å². The molecule has 1 unspecified atom stereocenters. The molecule has 3 aromatic rings. The number of hydrogen-bond donors (Lipinski definition) is 1. The van der Waals surface area contributed by atoms with Gasteiger partial charge in [0.25, 0.3) is 0 Å². The number of fused-ring (bicyclic) bond motifs is 1. The third-order valence-electron chi connectivity index (χ3n) is 5.32. The van der Waals surface area contributed by atoms with Crippen LogP contribution in [0.15, 0.2) is 66.7 Å². The second-order valence-corrected chi connectivity index (χ2v) is 8.35. The van der Waals surface area contributed by atoms with Gasteiger partial charge in [0, 0.05) is 23.1 Å². The molecule has 5 heteroatoms. The molecule has 0 fully saturated rings. The minimum atomic E-state index is -0.618. The number of carbonyl (C=O) groups excluding carboxylic acids is 1. The SMILES string of the molecule is NC(Cc1ccc(/C=C/c2ccc(Cl)cc2)cc1Cl)C(=O)N1Cc2ccccc2C1. The first-order valence-electron chi connectivity index (χ1n) is 9.83. The highest BCUT2D eigenvalue weighted by Crippen LogP contribution is 2.25. The lowest BCUT2D eigenvalue weighted by molar-refractivity contribution is -0.133. The van der Waals surface area contributed by atoms with E-state index in [1.165, 1.54) is 11.1 Å². The summed E-state index contributed by atoms with van der Waals surface area (Å²) in [6, 6.07) is 20.9. The number of rotatable bonds is 5. The molecule has 4 rings (SSSR count). The molecule has 0 saturated carbocycles. The summed E-state index contributed by atoms with van der Waals surface area (Å²) in [6.45, 7) is 1.23. The molecule has 0 aromatic heterocycles. The average molecular weight is 437 g/mol. The van der Waals surface area contributed by atoms with E-state index in [0.717, 1.165) is 16.7 Å². The van der Waals surface area contributed by atoms with Crippen molar-refractivity contribution >= 4 is 41.3 Å². The molecule has 2 N–H and O–H groups in total. The largest absolute Gasteiger partial charge is 0.333 e. The Morgan fingerprint density at radius 3 is 2.17 bits per heavy atom. The standard InChI is InChI=1S/C25H22Cl2N2O/c26-22-11-8-17(9-12-22)5-6-18-7-10-19(23(27)13-18)14-24(28)25(30)29-15-20-3-1-2-4-21(20)16-29/h1-13,24H,14-16,28H2/b6-5+. The van der Waals surface area contributed by atoms with E-state index < -0.39 is 6.04 Å². The molecular weight excluding hydrogens is 415 g/mol. The Hall–Kier alpha value is -2.59. The van der Waals surface area contributed by atoms with Crippen molar-refractivity contribution in [3.8, 4) is 0 Å². The molecule has 0 bridgehead atoms. The molecule has 30 heavy (non-hydrogen) atoms. The molecule has 1 amide bonds. The van der Waals surface area contributed by atoms with Gasteiger partial charge in [-0.1, -0.05) is 83.9 Å². The third-order valence-corrected chi connectivity index (χ3v) is 5.93. The van der Waals surface area contributed by atoms with E-state index in [4.69, 9.17) is 28.9 Å². The smallest absolute Gasteiger partial charge is 0.240 e. The van der Waals surface area contributed by atoms with Gasteiger partial charge in [-0.3, -0.25) is 4.79 Å². The van der Waals surface area contributed by atoms with Crippen molar-refractivity contribution < 1.29 is 4.79 Å². The fraction of sp³-hybridized carbons (Fsp3) is 0.160. The highest BCUT2D eigenvalue weighted by molar-refractivity contribution is 6.31. The van der Waals surface area contributed by atoms with Crippen molar-refractivity contribution in [2.45, 2.75) is 25.6 Å². The molecule has 1 aliphatic rings. The van der Waals surface area contributed by atoms with E-state index in [-0.39, 0.29) is 5.91 Å². The topological polar surface area (TPSA) is 46.3 Å². The Kier molecular flexibility index (Phi) is 6.24. The summed E-state index contributed by atoms with van der Waals surface area (Å²) in [5.74, 6) is -0.0472. The summed E-state index contributed by atoms with van der Waals surface area (Å²) in [5.41, 5.74) is 11.5. The van der Waals surface area contributed by atoms with Gasteiger partial charge in [0.15, 0.2) is 0 Å². The number of halogens is 2. The average Bonchev–Trinajstić information content (AvgIpc) is 3.18. The van der Waals surface area contributed by atoms with Crippen molar-refractivity contribution in [1.82, 2.24) is 4.90 Å². The van der Waals surface area contributed by atoms with Crippen LogP contribution >= 0.6 is 23.2 Å². The monoisotopic (exact) mass is 436 g/mol. The molecule has 0 radical (unpaired) electrons. The van der Waals surface area contributed by atoms with Crippen LogP contribution in [0.4, 0.5) is 0 Å². The van der Waals surface area contributed by atoms with Gasteiger partial charge in [0.1, 0.15) is 0 Å². The summed E-state index contributed by atoms with van der Waals surface area (Å²) in [6.07, 6.45) is 4.40. The first-order chi connectivity index (χ1) is 14.5. The number of amides is 1. The molecule has 3 nitrogen and oxygen atoms in total. The lowest BCUT2D eigenvalue weighted by Gasteiger charge is -2.20. The highest BCUT2D eigenvalue weighted by atomic mass is 35.5. The van der Waals surface area contributed by atoms with E-state index in [1.54, 1.807) is 0 Å². The summed E-state index contributed by atoms with van der Waals surface area (Å²) >= 11 is 12.4. The first kappa shape index (κ1) is 20.7. The van der Waals surface area contributed by atoms with Crippen LogP contribution in [-0.2, 0) is 24.3 Å². The normalized spacial score (nSPS) is 14.2. The quantitative estimate of drug-likeness (QED) is 0.530. The second-order valence-electron chi connectivity index (χ2n) is 7.51.